The van der Waals surface area contributed by atoms with Gasteiger partial charge in [-0.1, -0.05) is 17.7 Å². The van der Waals surface area contributed by atoms with Crippen LogP contribution in [-0.2, 0) is 0 Å². The smallest absolute Gasteiger partial charge is 0.125 e. The van der Waals surface area contributed by atoms with E-state index in [1.165, 1.54) is 0 Å². The first kappa shape index (κ1) is 6.53. The van der Waals surface area contributed by atoms with Crippen molar-refractivity contribution in [2.45, 2.75) is 26.4 Å². The first-order chi connectivity index (χ1) is 4.20. The molecule has 1 heteroatoms. The highest BCUT2D eigenvalue weighted by atomic mass is 19.1. The SMILES string of the molecule is CC1=CC=C(C)C(F)C1. The summed E-state index contributed by atoms with van der Waals surface area (Å²) in [5.74, 6) is 0. The Morgan fingerprint density at radius 3 is 2.56 bits per heavy atom. The number of halogens is 1. The number of alkyl halides is 1. The van der Waals surface area contributed by atoms with Gasteiger partial charge < -0.3 is 0 Å². The minimum atomic E-state index is -0.727. The predicted molar refractivity (Wildman–Crippen MR) is 37.0 cm³/mol. The van der Waals surface area contributed by atoms with Crippen LogP contribution in [0.25, 0.3) is 0 Å². The molecule has 0 radical (unpaired) electrons. The Morgan fingerprint density at radius 1 is 1.44 bits per heavy atom. The van der Waals surface area contributed by atoms with Crippen molar-refractivity contribution in [2.75, 3.05) is 0 Å². The monoisotopic (exact) mass is 126 g/mol. The second-order valence-corrected chi connectivity index (χ2v) is 2.60. The van der Waals surface area contributed by atoms with Crippen molar-refractivity contribution in [1.82, 2.24) is 0 Å². The number of rotatable bonds is 0. The lowest BCUT2D eigenvalue weighted by molar-refractivity contribution is 0.376. The Balaban J connectivity index is 2.74. The van der Waals surface area contributed by atoms with Crippen LogP contribution in [0.2, 0.25) is 0 Å². The molecule has 1 rings (SSSR count). The largest absolute Gasteiger partial charge is 0.242 e. The van der Waals surface area contributed by atoms with E-state index < -0.39 is 6.17 Å². The van der Waals surface area contributed by atoms with Crippen LogP contribution in [0.3, 0.4) is 0 Å². The van der Waals surface area contributed by atoms with Crippen LogP contribution in [0.1, 0.15) is 20.3 Å². The summed E-state index contributed by atoms with van der Waals surface area (Å²) in [6.45, 7) is 3.78. The first-order valence-electron chi connectivity index (χ1n) is 3.18. The minimum Gasteiger partial charge on any atom is -0.242 e. The molecule has 0 saturated heterocycles. The molecular weight excluding hydrogens is 115 g/mol. The summed E-state index contributed by atoms with van der Waals surface area (Å²) in [5, 5.41) is 0. The summed E-state index contributed by atoms with van der Waals surface area (Å²) in [6, 6.07) is 0. The summed E-state index contributed by atoms with van der Waals surface area (Å²) >= 11 is 0. The van der Waals surface area contributed by atoms with Crippen molar-refractivity contribution >= 4 is 0 Å². The second kappa shape index (κ2) is 2.34. The summed E-state index contributed by atoms with van der Waals surface area (Å²) < 4.78 is 12.7. The van der Waals surface area contributed by atoms with Crippen LogP contribution in [0, 0.1) is 0 Å². The molecule has 1 aliphatic rings. The van der Waals surface area contributed by atoms with Crippen molar-refractivity contribution in [3.05, 3.63) is 23.3 Å². The third-order valence-corrected chi connectivity index (χ3v) is 1.63. The highest BCUT2D eigenvalue weighted by molar-refractivity contribution is 5.24. The molecule has 0 heterocycles. The van der Waals surface area contributed by atoms with Gasteiger partial charge in [0.15, 0.2) is 0 Å². The van der Waals surface area contributed by atoms with Crippen LogP contribution in [-0.4, -0.2) is 6.17 Å². The molecule has 0 aliphatic heterocycles. The molecule has 0 N–H and O–H groups in total. The van der Waals surface area contributed by atoms with E-state index in [4.69, 9.17) is 0 Å². The molecule has 0 aromatic carbocycles. The van der Waals surface area contributed by atoms with E-state index in [0.29, 0.717) is 6.42 Å². The van der Waals surface area contributed by atoms with Crippen LogP contribution in [0.4, 0.5) is 4.39 Å². The standard InChI is InChI=1S/C8H11F/c1-6-3-4-7(2)8(9)5-6/h3-4,8H,5H2,1-2H3. The van der Waals surface area contributed by atoms with E-state index in [1.54, 1.807) is 0 Å². The third-order valence-electron chi connectivity index (χ3n) is 1.63. The van der Waals surface area contributed by atoms with E-state index in [1.807, 2.05) is 26.0 Å². The van der Waals surface area contributed by atoms with Crippen molar-refractivity contribution in [3.8, 4) is 0 Å². The predicted octanol–water partition coefficient (Wildman–Crippen LogP) is 2.62. The summed E-state index contributed by atoms with van der Waals surface area (Å²) in [4.78, 5) is 0. The van der Waals surface area contributed by atoms with Gasteiger partial charge in [0.1, 0.15) is 6.17 Å². The van der Waals surface area contributed by atoms with Gasteiger partial charge in [-0.05, 0) is 19.4 Å². The van der Waals surface area contributed by atoms with Gasteiger partial charge in [-0.2, -0.15) is 0 Å². The lowest BCUT2D eigenvalue weighted by Crippen LogP contribution is -2.05. The van der Waals surface area contributed by atoms with Crippen molar-refractivity contribution < 1.29 is 4.39 Å². The number of allylic oxidation sites excluding steroid dienone is 4. The zero-order chi connectivity index (χ0) is 6.85. The quantitative estimate of drug-likeness (QED) is 0.468. The van der Waals surface area contributed by atoms with E-state index in [2.05, 4.69) is 0 Å². The third kappa shape index (κ3) is 1.41. The molecule has 0 fully saturated rings. The molecule has 0 amide bonds. The highest BCUT2D eigenvalue weighted by Gasteiger charge is 2.11. The molecule has 0 nitrogen and oxygen atoms in total. The topological polar surface area (TPSA) is 0 Å². The molecule has 1 unspecified atom stereocenters. The molecule has 0 spiro atoms. The van der Waals surface area contributed by atoms with Gasteiger partial charge in [-0.15, -0.1) is 0 Å². The van der Waals surface area contributed by atoms with E-state index >= 15 is 0 Å². The van der Waals surface area contributed by atoms with Crippen LogP contribution in [0.5, 0.6) is 0 Å². The van der Waals surface area contributed by atoms with Gasteiger partial charge in [0.2, 0.25) is 0 Å². The molecule has 9 heavy (non-hydrogen) atoms. The van der Waals surface area contributed by atoms with Gasteiger partial charge >= 0.3 is 0 Å². The van der Waals surface area contributed by atoms with E-state index in [0.717, 1.165) is 11.1 Å². The zero-order valence-corrected chi connectivity index (χ0v) is 5.82. The van der Waals surface area contributed by atoms with Crippen LogP contribution in [0.15, 0.2) is 23.3 Å². The number of hydrogen-bond donors (Lipinski definition) is 0. The van der Waals surface area contributed by atoms with Gasteiger partial charge in [0, 0.05) is 6.42 Å². The van der Waals surface area contributed by atoms with Gasteiger partial charge in [0.05, 0.1) is 0 Å². The van der Waals surface area contributed by atoms with E-state index in [-0.39, 0.29) is 0 Å². The minimum absolute atomic E-state index is 0.586. The van der Waals surface area contributed by atoms with Crippen molar-refractivity contribution in [2.24, 2.45) is 0 Å². The molecule has 50 valence electrons. The average Bonchev–Trinajstić information content (AvgIpc) is 1.80. The first-order valence-corrected chi connectivity index (χ1v) is 3.18. The maximum Gasteiger partial charge on any atom is 0.125 e. The fourth-order valence-electron chi connectivity index (χ4n) is 0.890. The van der Waals surface area contributed by atoms with Gasteiger partial charge in [-0.25, -0.2) is 4.39 Å². The maximum absolute atomic E-state index is 12.7. The molecule has 1 aliphatic carbocycles. The van der Waals surface area contributed by atoms with Gasteiger partial charge in [0.25, 0.3) is 0 Å². The second-order valence-electron chi connectivity index (χ2n) is 2.60. The van der Waals surface area contributed by atoms with Gasteiger partial charge in [-0.3, -0.25) is 0 Å². The number of hydrogen-bond acceptors (Lipinski definition) is 0. The lowest BCUT2D eigenvalue weighted by Gasteiger charge is -2.12. The molecule has 0 aromatic rings. The van der Waals surface area contributed by atoms with Crippen molar-refractivity contribution in [3.63, 3.8) is 0 Å². The Kier molecular flexibility index (Phi) is 1.70. The summed E-state index contributed by atoms with van der Waals surface area (Å²) in [6.07, 6.45) is 3.69. The highest BCUT2D eigenvalue weighted by Crippen LogP contribution is 2.20. The average molecular weight is 126 g/mol. The van der Waals surface area contributed by atoms with Crippen LogP contribution >= 0.6 is 0 Å². The Hall–Kier alpha value is -0.590. The molecular formula is C8H11F. The fraction of sp³-hybridized carbons (Fsp3) is 0.500. The lowest BCUT2D eigenvalue weighted by atomic mass is 9.99. The zero-order valence-electron chi connectivity index (χ0n) is 5.82. The Bertz CT molecular complexity index is 165. The van der Waals surface area contributed by atoms with E-state index in [9.17, 15) is 4.39 Å². The summed E-state index contributed by atoms with van der Waals surface area (Å²) in [7, 11) is 0. The maximum atomic E-state index is 12.7. The van der Waals surface area contributed by atoms with Crippen molar-refractivity contribution in [1.29, 1.82) is 0 Å². The summed E-state index contributed by atoms with van der Waals surface area (Å²) in [5.41, 5.74) is 1.98. The Morgan fingerprint density at radius 2 is 2.11 bits per heavy atom. The normalized spacial score (nSPS) is 27.2. The Labute approximate surface area is 55.1 Å². The molecule has 0 saturated carbocycles. The molecule has 1 atom stereocenters. The molecule has 0 bridgehead atoms. The van der Waals surface area contributed by atoms with Crippen LogP contribution < -0.4 is 0 Å². The molecule has 0 aromatic heterocycles. The fourth-order valence-corrected chi connectivity index (χ4v) is 0.890.